The van der Waals surface area contributed by atoms with Gasteiger partial charge in [0.2, 0.25) is 0 Å². The van der Waals surface area contributed by atoms with Crippen LogP contribution >= 0.6 is 0 Å². The molecule has 1 aromatic rings. The zero-order valence-corrected chi connectivity index (χ0v) is 11.3. The van der Waals surface area contributed by atoms with Crippen LogP contribution in [0.2, 0.25) is 0 Å². The van der Waals surface area contributed by atoms with Gasteiger partial charge in [0.15, 0.2) is 0 Å². The third-order valence-electron chi connectivity index (χ3n) is 3.15. The number of aromatic nitrogens is 1. The van der Waals surface area contributed by atoms with Crippen molar-refractivity contribution >= 4 is 25.2 Å². The number of rotatable bonds is 3. The number of aliphatic carboxylic acids is 1. The van der Waals surface area contributed by atoms with E-state index in [0.29, 0.717) is 28.2 Å². The number of carboxylic acids is 1. The van der Waals surface area contributed by atoms with Crippen molar-refractivity contribution in [2.24, 2.45) is 4.99 Å². The lowest BCUT2D eigenvalue weighted by molar-refractivity contribution is -0.129. The van der Waals surface area contributed by atoms with Crippen LogP contribution in [-0.2, 0) is 4.79 Å². The Morgan fingerprint density at radius 1 is 1.40 bits per heavy atom. The Labute approximate surface area is 115 Å². The quantitative estimate of drug-likeness (QED) is 0.864. The van der Waals surface area contributed by atoms with E-state index in [9.17, 15) is 13.4 Å². The first-order chi connectivity index (χ1) is 9.31. The lowest BCUT2D eigenvalue weighted by Crippen LogP contribution is -2.16. The van der Waals surface area contributed by atoms with Crippen LogP contribution in [0.1, 0.15) is 23.9 Å². The van der Waals surface area contributed by atoms with Gasteiger partial charge in [-0.15, -0.1) is 0 Å². The van der Waals surface area contributed by atoms with Crippen molar-refractivity contribution in [3.05, 3.63) is 40.4 Å². The monoisotopic (exact) mass is 278 g/mol. The second-order valence-electron chi connectivity index (χ2n) is 4.66. The first kappa shape index (κ1) is 14.2. The van der Waals surface area contributed by atoms with Crippen molar-refractivity contribution in [1.82, 2.24) is 4.48 Å². The number of halogens is 2. The first-order valence-electron chi connectivity index (χ1n) is 6.00. The zero-order valence-electron chi connectivity index (χ0n) is 11.3. The molecule has 20 heavy (non-hydrogen) atoms. The smallest absolute Gasteiger partial charge is 0.477 e. The predicted octanol–water partition coefficient (Wildman–Crippen LogP) is 2.70. The molecule has 0 saturated carbocycles. The lowest BCUT2D eigenvalue weighted by atomic mass is 10.1. The van der Waals surface area contributed by atoms with Crippen LogP contribution in [0.4, 0.5) is 8.63 Å². The predicted molar refractivity (Wildman–Crippen MR) is 74.1 cm³/mol. The highest BCUT2D eigenvalue weighted by molar-refractivity contribution is 6.42. The Balaban J connectivity index is 2.53. The van der Waals surface area contributed by atoms with Gasteiger partial charge < -0.3 is 9.58 Å². The summed E-state index contributed by atoms with van der Waals surface area (Å²) in [7, 11) is -2.65. The number of carbonyl (C=O) groups is 1. The number of allylic oxidation sites excluding steroid dienone is 1. The third kappa shape index (κ3) is 2.43. The minimum atomic E-state index is -2.65. The van der Waals surface area contributed by atoms with Crippen molar-refractivity contribution in [3.8, 4) is 0 Å². The summed E-state index contributed by atoms with van der Waals surface area (Å²) in [5, 5.41) is 8.89. The van der Waals surface area contributed by atoms with E-state index in [0.717, 1.165) is 4.48 Å². The SMILES string of the molecule is CC1=CC(C(=O)O)=N/C1=C\c1c(C)cc(C)n1B(F)F. The fourth-order valence-corrected chi connectivity index (χ4v) is 2.19. The summed E-state index contributed by atoms with van der Waals surface area (Å²) in [5.74, 6) is -1.13. The fraction of sp³-hybridized carbons (Fsp3) is 0.231. The van der Waals surface area contributed by atoms with Gasteiger partial charge in [0, 0.05) is 11.4 Å². The average Bonchev–Trinajstić information content (AvgIpc) is 2.81. The maximum Gasteiger partial charge on any atom is 0.677 e. The molecule has 0 aromatic carbocycles. The topological polar surface area (TPSA) is 54.6 Å². The molecule has 0 bridgehead atoms. The second-order valence-corrected chi connectivity index (χ2v) is 4.66. The highest BCUT2D eigenvalue weighted by atomic mass is 19.2. The molecular weight excluding hydrogens is 265 g/mol. The van der Waals surface area contributed by atoms with Gasteiger partial charge in [-0.3, -0.25) is 8.63 Å². The van der Waals surface area contributed by atoms with Crippen molar-refractivity contribution in [2.75, 3.05) is 0 Å². The summed E-state index contributed by atoms with van der Waals surface area (Å²) in [5.41, 5.74) is 2.44. The van der Waals surface area contributed by atoms with Crippen LogP contribution in [0.25, 0.3) is 6.08 Å². The number of aryl methyl sites for hydroxylation is 2. The normalized spacial score (nSPS) is 16.4. The molecule has 0 radical (unpaired) electrons. The van der Waals surface area contributed by atoms with E-state index in [1.165, 1.54) is 12.2 Å². The van der Waals surface area contributed by atoms with Crippen LogP contribution in [0.5, 0.6) is 0 Å². The maximum atomic E-state index is 13.1. The van der Waals surface area contributed by atoms with Crippen LogP contribution in [0, 0.1) is 13.8 Å². The van der Waals surface area contributed by atoms with Crippen molar-refractivity contribution in [3.63, 3.8) is 0 Å². The van der Waals surface area contributed by atoms with Crippen LogP contribution in [0.3, 0.4) is 0 Å². The molecule has 1 aliphatic heterocycles. The number of hydrogen-bond acceptors (Lipinski definition) is 2. The van der Waals surface area contributed by atoms with Crippen molar-refractivity contribution in [1.29, 1.82) is 0 Å². The third-order valence-corrected chi connectivity index (χ3v) is 3.15. The highest BCUT2D eigenvalue weighted by Crippen LogP contribution is 2.25. The molecule has 1 aromatic heterocycles. The van der Waals surface area contributed by atoms with E-state index in [-0.39, 0.29) is 5.71 Å². The molecule has 104 valence electrons. The van der Waals surface area contributed by atoms with E-state index < -0.39 is 13.4 Å². The summed E-state index contributed by atoms with van der Waals surface area (Å²) >= 11 is 0. The summed E-state index contributed by atoms with van der Waals surface area (Å²) < 4.78 is 27.0. The minimum absolute atomic E-state index is 0.0849. The molecule has 0 saturated heterocycles. The lowest BCUT2D eigenvalue weighted by Gasteiger charge is -2.06. The minimum Gasteiger partial charge on any atom is -0.477 e. The van der Waals surface area contributed by atoms with Crippen LogP contribution in [-0.4, -0.2) is 28.7 Å². The van der Waals surface area contributed by atoms with Gasteiger partial charge >= 0.3 is 13.4 Å². The molecule has 4 nitrogen and oxygen atoms in total. The number of hydrogen-bond donors (Lipinski definition) is 1. The second kappa shape index (κ2) is 5.07. The molecule has 2 heterocycles. The fourth-order valence-electron chi connectivity index (χ4n) is 2.19. The molecule has 0 aliphatic carbocycles. The first-order valence-corrected chi connectivity index (χ1v) is 6.00. The molecular formula is C13H13BF2N2O2. The standard InChI is InChI=1S/C13H13BF2N2O2/c1-7-5-11(13(19)20)17-10(7)6-12-8(2)4-9(3)18(12)14(15)16/h4-6H,1-3H3,(H,19,20)/b10-6-. The molecule has 0 unspecified atom stereocenters. The summed E-state index contributed by atoms with van der Waals surface area (Å²) in [6, 6.07) is 1.66. The molecule has 2 rings (SSSR count). The number of nitrogens with zero attached hydrogens (tertiary/aromatic N) is 2. The van der Waals surface area contributed by atoms with Crippen molar-refractivity contribution < 1.29 is 18.5 Å². The highest BCUT2D eigenvalue weighted by Gasteiger charge is 2.24. The zero-order chi connectivity index (χ0) is 15.0. The largest absolute Gasteiger partial charge is 0.677 e. The van der Waals surface area contributed by atoms with Gasteiger partial charge in [-0.05, 0) is 50.1 Å². The Bertz CT molecular complexity index is 672. The average molecular weight is 278 g/mol. The number of carboxylic acid groups (broad SMARTS) is 1. The summed E-state index contributed by atoms with van der Waals surface area (Å²) in [6.45, 7) is 5.03. The van der Waals surface area contributed by atoms with Gasteiger partial charge in [0.1, 0.15) is 5.71 Å². The van der Waals surface area contributed by atoms with E-state index in [1.807, 2.05) is 0 Å². The summed E-state index contributed by atoms with van der Waals surface area (Å²) in [4.78, 5) is 14.8. The van der Waals surface area contributed by atoms with Crippen LogP contribution < -0.4 is 0 Å². The van der Waals surface area contributed by atoms with Crippen molar-refractivity contribution in [2.45, 2.75) is 20.8 Å². The Hall–Kier alpha value is -2.18. The Morgan fingerprint density at radius 3 is 2.55 bits per heavy atom. The molecule has 1 N–H and O–H groups in total. The van der Waals surface area contributed by atoms with Gasteiger partial charge in [-0.1, -0.05) is 0 Å². The van der Waals surface area contributed by atoms with E-state index in [1.54, 1.807) is 26.8 Å². The Morgan fingerprint density at radius 2 is 2.05 bits per heavy atom. The Kier molecular flexibility index (Phi) is 3.61. The van der Waals surface area contributed by atoms with Crippen LogP contribution in [0.15, 0.2) is 28.4 Å². The van der Waals surface area contributed by atoms with Gasteiger partial charge in [-0.2, -0.15) is 0 Å². The van der Waals surface area contributed by atoms with E-state index in [4.69, 9.17) is 5.11 Å². The van der Waals surface area contributed by atoms with E-state index >= 15 is 0 Å². The molecule has 0 spiro atoms. The summed E-state index contributed by atoms with van der Waals surface area (Å²) in [6.07, 6.45) is 2.92. The molecule has 7 heteroatoms. The molecule has 0 amide bonds. The molecule has 1 aliphatic rings. The van der Waals surface area contributed by atoms with Gasteiger partial charge in [0.05, 0.1) is 5.70 Å². The number of aliphatic imine (C=N–C) groups is 1. The van der Waals surface area contributed by atoms with Gasteiger partial charge in [-0.25, -0.2) is 9.79 Å². The van der Waals surface area contributed by atoms with Gasteiger partial charge in [0.25, 0.3) is 0 Å². The molecule has 0 fully saturated rings. The maximum absolute atomic E-state index is 13.1. The molecule has 0 atom stereocenters. The van der Waals surface area contributed by atoms with E-state index in [2.05, 4.69) is 4.99 Å².